The number of aliphatic hydroxyl groups is 1. The number of thioether (sulfide) groups is 1. The maximum absolute atomic E-state index is 12.8. The number of nitrogens with two attached hydrogens (primary N) is 1. The van der Waals surface area contributed by atoms with Gasteiger partial charge in [0.05, 0.1) is 11.7 Å². The monoisotopic (exact) mass is 430 g/mol. The second kappa shape index (κ2) is 8.21. The number of rotatable bonds is 6. The maximum Gasteiger partial charge on any atom is 0.250 e. The number of allylic oxidation sites excluding steroid dienone is 1. The van der Waals surface area contributed by atoms with Gasteiger partial charge in [-0.15, -0.1) is 11.8 Å². The molecule has 2 atom stereocenters. The number of hydrogen-bond acceptors (Lipinski definition) is 7. The van der Waals surface area contributed by atoms with Crippen LogP contribution in [0, 0.1) is 0 Å². The van der Waals surface area contributed by atoms with Gasteiger partial charge in [0.25, 0.3) is 0 Å². The first-order valence-corrected chi connectivity index (χ1v) is 10.7. The zero-order valence-electron chi connectivity index (χ0n) is 16.2. The maximum atomic E-state index is 12.8. The fourth-order valence-corrected chi connectivity index (χ4v) is 5.13. The van der Waals surface area contributed by atoms with Crippen LogP contribution in [0.1, 0.15) is 12.0 Å². The number of carbonyl (C=O) groups excluding carboxylic acids is 3. The number of pyridine rings is 1. The molecule has 1 aromatic heterocycles. The Balaban J connectivity index is 1.51. The van der Waals surface area contributed by atoms with Gasteiger partial charge >= 0.3 is 0 Å². The quantitative estimate of drug-likeness (QED) is 0.299. The average Bonchev–Trinajstić information content (AvgIpc) is 3.07. The molecule has 0 aromatic carbocycles. The molecule has 9 nitrogen and oxygen atoms in total. The van der Waals surface area contributed by atoms with Crippen molar-refractivity contribution in [2.45, 2.75) is 30.9 Å². The van der Waals surface area contributed by atoms with Gasteiger partial charge in [0, 0.05) is 36.5 Å². The summed E-state index contributed by atoms with van der Waals surface area (Å²) in [6.45, 7) is 1.54. The minimum absolute atomic E-state index is 0.0560. The lowest BCUT2D eigenvalue weighted by molar-refractivity contribution is -0.698. The van der Waals surface area contributed by atoms with Crippen LogP contribution in [0.15, 0.2) is 47.4 Å². The van der Waals surface area contributed by atoms with Gasteiger partial charge in [-0.3, -0.25) is 14.5 Å². The zero-order chi connectivity index (χ0) is 21.4. The minimum Gasteiger partial charge on any atom is -0.543 e. The van der Waals surface area contributed by atoms with Crippen LogP contribution in [-0.2, 0) is 27.5 Å². The summed E-state index contributed by atoms with van der Waals surface area (Å²) in [5.41, 5.74) is 7.46. The number of hydrogen-bond donors (Lipinski definition) is 2. The van der Waals surface area contributed by atoms with Crippen molar-refractivity contribution >= 4 is 29.5 Å². The van der Waals surface area contributed by atoms with Crippen molar-refractivity contribution in [1.82, 2.24) is 9.80 Å². The Bertz CT molecular complexity index is 958. The van der Waals surface area contributed by atoms with Crippen molar-refractivity contribution in [2.75, 3.05) is 18.9 Å². The number of fused-ring (bicyclic) bond motifs is 1. The molecule has 158 valence electrons. The van der Waals surface area contributed by atoms with Gasteiger partial charge in [-0.1, -0.05) is 0 Å². The highest BCUT2D eigenvalue weighted by Crippen LogP contribution is 2.40. The van der Waals surface area contributed by atoms with E-state index in [1.54, 1.807) is 11.0 Å². The number of carboxylic acids is 1. The third kappa shape index (κ3) is 3.62. The van der Waals surface area contributed by atoms with Crippen molar-refractivity contribution in [3.05, 3.63) is 53.0 Å². The number of aliphatic hydroxyl groups excluding tert-OH is 1. The highest BCUT2D eigenvalue weighted by molar-refractivity contribution is 8.00. The number of carbonyl (C=O) groups is 3. The van der Waals surface area contributed by atoms with E-state index in [1.807, 2.05) is 29.1 Å². The number of nitrogens with zero attached hydrogens (tertiary/aromatic N) is 3. The summed E-state index contributed by atoms with van der Waals surface area (Å²) in [6.07, 6.45) is 5.80. The lowest BCUT2D eigenvalue weighted by Gasteiger charge is -2.49. The first kappa shape index (κ1) is 20.6. The van der Waals surface area contributed by atoms with Gasteiger partial charge < -0.3 is 25.6 Å². The molecule has 0 unspecified atom stereocenters. The summed E-state index contributed by atoms with van der Waals surface area (Å²) < 4.78 is 1.85. The predicted molar refractivity (Wildman–Crippen MR) is 105 cm³/mol. The van der Waals surface area contributed by atoms with Crippen LogP contribution in [0.3, 0.4) is 0 Å². The molecule has 2 amide bonds. The first-order chi connectivity index (χ1) is 14.4. The van der Waals surface area contributed by atoms with Crippen LogP contribution in [-0.4, -0.2) is 63.0 Å². The summed E-state index contributed by atoms with van der Waals surface area (Å²) in [6, 6.07) is 3.10. The van der Waals surface area contributed by atoms with Gasteiger partial charge in [-0.2, -0.15) is 0 Å². The summed E-state index contributed by atoms with van der Waals surface area (Å²) in [5, 5.41) is 20.3. The summed E-state index contributed by atoms with van der Waals surface area (Å²) in [5.74, 6) is -1.67. The molecule has 3 N–H and O–H groups in total. The van der Waals surface area contributed by atoms with Crippen LogP contribution in [0.25, 0.3) is 0 Å². The van der Waals surface area contributed by atoms with Gasteiger partial charge in [0.15, 0.2) is 18.9 Å². The Hall–Kier alpha value is -2.69. The Kier molecular flexibility index (Phi) is 5.63. The van der Waals surface area contributed by atoms with Crippen molar-refractivity contribution < 1.29 is 29.2 Å². The molecular weight excluding hydrogens is 408 g/mol. The molecule has 2 saturated heterocycles. The second-order valence-electron chi connectivity index (χ2n) is 7.41. The van der Waals surface area contributed by atoms with Crippen molar-refractivity contribution in [1.29, 1.82) is 0 Å². The molecule has 4 heterocycles. The van der Waals surface area contributed by atoms with E-state index in [2.05, 4.69) is 0 Å². The SMILES string of the molecule is N[C@@H]1C(=O)N2C(C(=O)[O-])=C(/C=C3\CCN(Cc4cc[n+](CCO)cc4)C3=O)CS[C@H]12. The first-order valence-electron chi connectivity index (χ1n) is 9.64. The topological polar surface area (TPSA) is 131 Å². The molecule has 0 bridgehead atoms. The smallest absolute Gasteiger partial charge is 0.250 e. The van der Waals surface area contributed by atoms with Gasteiger partial charge in [0.1, 0.15) is 18.0 Å². The summed E-state index contributed by atoms with van der Waals surface area (Å²) >= 11 is 1.39. The van der Waals surface area contributed by atoms with Crippen LogP contribution in [0.4, 0.5) is 0 Å². The fraction of sp³-hybridized carbons (Fsp3) is 0.400. The van der Waals surface area contributed by atoms with E-state index in [-0.39, 0.29) is 18.2 Å². The van der Waals surface area contributed by atoms with Crippen LogP contribution in [0.2, 0.25) is 0 Å². The standard InChI is InChI=1S/C20H22N4O5S/c21-15-18(27)24-16(20(28)29)14(11-30-19(15)24)9-13-3-6-23(17(13)26)10-12-1-4-22(5-2-12)7-8-25/h1-2,4-5,9,15,19,25H,3,6-8,10-11,21H2/b13-9+/t15-,19-/m1/s1. The molecule has 3 aliphatic rings. The molecule has 1 aromatic rings. The molecule has 0 aliphatic carbocycles. The molecular formula is C20H22N4O5S. The number of amides is 2. The van der Waals surface area contributed by atoms with E-state index >= 15 is 0 Å². The lowest BCUT2D eigenvalue weighted by atomic mass is 10.0. The third-order valence-electron chi connectivity index (χ3n) is 5.49. The highest BCUT2D eigenvalue weighted by atomic mass is 32.2. The summed E-state index contributed by atoms with van der Waals surface area (Å²) in [4.78, 5) is 39.4. The number of likely N-dealkylation sites (tertiary alicyclic amines) is 1. The van der Waals surface area contributed by atoms with Gasteiger partial charge in [-0.25, -0.2) is 4.57 Å². The van der Waals surface area contributed by atoms with E-state index in [0.29, 0.717) is 43.0 Å². The molecule has 0 saturated carbocycles. The molecule has 3 aliphatic heterocycles. The molecule has 30 heavy (non-hydrogen) atoms. The second-order valence-corrected chi connectivity index (χ2v) is 8.52. The largest absolute Gasteiger partial charge is 0.543 e. The Morgan fingerprint density at radius 3 is 2.77 bits per heavy atom. The molecule has 10 heteroatoms. The lowest BCUT2D eigenvalue weighted by Crippen LogP contribution is -2.69. The third-order valence-corrected chi connectivity index (χ3v) is 6.81. The van der Waals surface area contributed by atoms with Crippen LogP contribution in [0.5, 0.6) is 0 Å². The number of aromatic nitrogens is 1. The highest BCUT2D eigenvalue weighted by Gasteiger charge is 2.50. The van der Waals surface area contributed by atoms with E-state index in [4.69, 9.17) is 10.8 Å². The fourth-order valence-electron chi connectivity index (χ4n) is 3.88. The van der Waals surface area contributed by atoms with E-state index < -0.39 is 23.3 Å². The normalized spacial score (nSPS) is 25.1. The molecule has 2 fully saturated rings. The zero-order valence-corrected chi connectivity index (χ0v) is 17.0. The van der Waals surface area contributed by atoms with E-state index in [0.717, 1.165) is 5.56 Å². The Morgan fingerprint density at radius 2 is 2.10 bits per heavy atom. The Morgan fingerprint density at radius 1 is 1.37 bits per heavy atom. The van der Waals surface area contributed by atoms with Gasteiger partial charge in [-0.05, 0) is 23.6 Å². The average molecular weight is 430 g/mol. The number of aliphatic carboxylic acids is 1. The minimum atomic E-state index is -1.44. The van der Waals surface area contributed by atoms with Crippen molar-refractivity contribution in [2.24, 2.45) is 5.73 Å². The molecule has 0 spiro atoms. The summed E-state index contributed by atoms with van der Waals surface area (Å²) in [7, 11) is 0. The number of β-lactam (4-membered cyclic amide) rings is 1. The van der Waals surface area contributed by atoms with Gasteiger partial charge in [0.2, 0.25) is 11.8 Å². The van der Waals surface area contributed by atoms with E-state index in [1.165, 1.54) is 16.7 Å². The Labute approximate surface area is 177 Å². The van der Waals surface area contributed by atoms with Crippen molar-refractivity contribution in [3.8, 4) is 0 Å². The van der Waals surface area contributed by atoms with E-state index in [9.17, 15) is 19.5 Å². The van der Waals surface area contributed by atoms with Crippen LogP contribution >= 0.6 is 11.8 Å². The van der Waals surface area contributed by atoms with Crippen molar-refractivity contribution in [3.63, 3.8) is 0 Å². The van der Waals surface area contributed by atoms with Crippen LogP contribution < -0.4 is 15.4 Å². The molecule has 0 radical (unpaired) electrons. The molecule has 4 rings (SSSR count). The number of carboxylic acid groups (broad SMARTS) is 1. The predicted octanol–water partition coefficient (Wildman–Crippen LogP) is -2.13.